The predicted octanol–water partition coefficient (Wildman–Crippen LogP) is 9.68. The molecule has 3 nitrogen and oxygen atoms in total. The minimum absolute atomic E-state index is 0. The SMILES string of the molecule is CCCCC(=NC1=C(C)C=CC[C@H]1C)c1cccc(C(CCCC)=NC2=C(C)C=CC[C@@H]2C)n1.[CH3-].[CH3-].[Fe+2]. The zero-order valence-electron chi connectivity index (χ0n) is 24.5. The second-order valence-electron chi connectivity index (χ2n) is 9.95. The molecule has 2 aliphatic rings. The summed E-state index contributed by atoms with van der Waals surface area (Å²) in [6.45, 7) is 13.4. The third-order valence-electron chi connectivity index (χ3n) is 6.84. The molecule has 0 fully saturated rings. The number of hydrogen-bond acceptors (Lipinski definition) is 3. The van der Waals surface area contributed by atoms with Crippen LogP contribution in [0.25, 0.3) is 0 Å². The van der Waals surface area contributed by atoms with Crippen molar-refractivity contribution in [3.05, 3.63) is 91.3 Å². The summed E-state index contributed by atoms with van der Waals surface area (Å²) in [5.74, 6) is 0.893. The van der Waals surface area contributed by atoms with Crippen LogP contribution in [0.2, 0.25) is 0 Å². The molecule has 0 N–H and O–H groups in total. The van der Waals surface area contributed by atoms with Crippen LogP contribution in [0.3, 0.4) is 0 Å². The molecule has 2 atom stereocenters. The Balaban J connectivity index is 0.00000432. The largest absolute Gasteiger partial charge is 2.00 e. The maximum absolute atomic E-state index is 5.23. The smallest absolute Gasteiger partial charge is 0.358 e. The van der Waals surface area contributed by atoms with Gasteiger partial charge in [-0.25, -0.2) is 4.98 Å². The van der Waals surface area contributed by atoms with Crippen molar-refractivity contribution in [2.75, 3.05) is 0 Å². The van der Waals surface area contributed by atoms with E-state index in [0.717, 1.165) is 74.2 Å². The molecule has 4 heteroatoms. The van der Waals surface area contributed by atoms with Crippen molar-refractivity contribution >= 4 is 11.4 Å². The van der Waals surface area contributed by atoms with Crippen LogP contribution in [0.4, 0.5) is 0 Å². The van der Waals surface area contributed by atoms with Crippen LogP contribution in [0.5, 0.6) is 0 Å². The second kappa shape index (κ2) is 17.5. The standard InChI is InChI=1S/C31H43N3.2CH3.Fe/c1-7-9-18-28(33-30-22(3)14-11-15-23(30)4)26-20-13-21-27(32-26)29(19-10-8-2)34-31-24(5)16-12-17-25(31)6;;;/h11-14,16,20-21,23,25H,7-10,15,17-19H2,1-6H3;2*1H3;/q;2*-1;+2/t23-,25+;;;. The quantitative estimate of drug-likeness (QED) is 0.164. The van der Waals surface area contributed by atoms with E-state index in [-0.39, 0.29) is 31.9 Å². The third-order valence-corrected chi connectivity index (χ3v) is 6.84. The number of allylic oxidation sites excluding steroid dienone is 8. The fourth-order valence-electron chi connectivity index (χ4n) is 4.68. The van der Waals surface area contributed by atoms with E-state index in [1.807, 2.05) is 0 Å². The Morgan fingerprint density at radius 2 is 1.19 bits per heavy atom. The van der Waals surface area contributed by atoms with Crippen molar-refractivity contribution in [3.63, 3.8) is 0 Å². The summed E-state index contributed by atoms with van der Waals surface area (Å²) in [5, 5.41) is 0. The van der Waals surface area contributed by atoms with Gasteiger partial charge in [-0.15, -0.1) is 0 Å². The molecule has 0 spiro atoms. The van der Waals surface area contributed by atoms with Crippen molar-refractivity contribution in [3.8, 4) is 0 Å². The fraction of sp³-hybridized carbons (Fsp3) is 0.485. The van der Waals surface area contributed by atoms with Crippen LogP contribution >= 0.6 is 0 Å². The molecule has 0 saturated heterocycles. The first-order chi connectivity index (χ1) is 16.4. The summed E-state index contributed by atoms with van der Waals surface area (Å²) in [6, 6.07) is 6.40. The van der Waals surface area contributed by atoms with Gasteiger partial charge in [-0.3, -0.25) is 9.98 Å². The molecule has 0 bridgehead atoms. The first-order valence-corrected chi connectivity index (χ1v) is 13.3. The molecular weight excluding hydrogens is 494 g/mol. The van der Waals surface area contributed by atoms with Crippen molar-refractivity contribution in [2.45, 2.75) is 92.9 Å². The molecule has 204 valence electrons. The van der Waals surface area contributed by atoms with Gasteiger partial charge in [0.05, 0.1) is 22.8 Å². The van der Waals surface area contributed by atoms with Crippen LogP contribution in [0.1, 0.15) is 104 Å². The second-order valence-corrected chi connectivity index (χ2v) is 9.95. The normalized spacial score (nSPS) is 19.8. The van der Waals surface area contributed by atoms with Crippen LogP contribution in [0, 0.1) is 26.7 Å². The molecule has 37 heavy (non-hydrogen) atoms. The van der Waals surface area contributed by atoms with E-state index in [2.05, 4.69) is 84.0 Å². The third kappa shape index (κ3) is 9.65. The zero-order valence-corrected chi connectivity index (χ0v) is 25.7. The molecule has 1 heterocycles. The van der Waals surface area contributed by atoms with Crippen LogP contribution in [-0.4, -0.2) is 16.4 Å². The van der Waals surface area contributed by atoms with E-state index in [9.17, 15) is 0 Å². The van der Waals surface area contributed by atoms with Crippen molar-refractivity contribution in [2.24, 2.45) is 21.8 Å². The van der Waals surface area contributed by atoms with E-state index in [1.54, 1.807) is 0 Å². The van der Waals surface area contributed by atoms with Crippen molar-refractivity contribution in [1.82, 2.24) is 4.98 Å². The summed E-state index contributed by atoms with van der Waals surface area (Å²) in [6.07, 6.45) is 17.5. The van der Waals surface area contributed by atoms with Crippen molar-refractivity contribution in [1.29, 1.82) is 0 Å². The van der Waals surface area contributed by atoms with Gasteiger partial charge in [-0.05, 0) is 75.7 Å². The van der Waals surface area contributed by atoms with Gasteiger partial charge in [0, 0.05) is 23.2 Å². The number of nitrogens with zero attached hydrogens (tertiary/aromatic N) is 3. The van der Waals surface area contributed by atoms with Gasteiger partial charge >= 0.3 is 17.1 Å². The van der Waals surface area contributed by atoms with E-state index in [4.69, 9.17) is 15.0 Å². The Hall–Kier alpha value is -2.03. The average Bonchev–Trinajstić information content (AvgIpc) is 2.83. The molecule has 0 amide bonds. The Bertz CT molecular complexity index is 960. The van der Waals surface area contributed by atoms with Gasteiger partial charge in [-0.1, -0.05) is 70.9 Å². The van der Waals surface area contributed by atoms with Gasteiger partial charge in [-0.2, -0.15) is 0 Å². The number of unbranched alkanes of at least 4 members (excludes halogenated alkanes) is 2. The molecule has 1 aromatic rings. The summed E-state index contributed by atoms with van der Waals surface area (Å²) >= 11 is 0. The molecule has 0 aliphatic heterocycles. The molecule has 0 aromatic carbocycles. The summed E-state index contributed by atoms with van der Waals surface area (Å²) in [4.78, 5) is 15.6. The Kier molecular flexibility index (Phi) is 16.5. The van der Waals surface area contributed by atoms with E-state index < -0.39 is 0 Å². The van der Waals surface area contributed by atoms with E-state index in [0.29, 0.717) is 11.8 Å². The van der Waals surface area contributed by atoms with E-state index in [1.165, 1.54) is 22.5 Å². The maximum Gasteiger partial charge on any atom is 2.00 e. The molecule has 1 aromatic heterocycles. The minimum atomic E-state index is 0. The molecular formula is C33H49FeN3. The maximum atomic E-state index is 5.23. The van der Waals surface area contributed by atoms with Crippen LogP contribution in [0.15, 0.2) is 75.0 Å². The molecule has 0 radical (unpaired) electrons. The van der Waals surface area contributed by atoms with Crippen LogP contribution < -0.4 is 0 Å². The average molecular weight is 544 g/mol. The summed E-state index contributed by atoms with van der Waals surface area (Å²) < 4.78 is 0. The number of rotatable bonds is 10. The Morgan fingerprint density at radius 3 is 1.54 bits per heavy atom. The summed E-state index contributed by atoms with van der Waals surface area (Å²) in [5.41, 5.74) is 9.19. The number of aromatic nitrogens is 1. The molecule has 0 saturated carbocycles. The van der Waals surface area contributed by atoms with Crippen LogP contribution in [-0.2, 0) is 17.1 Å². The predicted molar refractivity (Wildman–Crippen MR) is 160 cm³/mol. The Morgan fingerprint density at radius 1 is 0.784 bits per heavy atom. The van der Waals surface area contributed by atoms with Gasteiger partial charge in [0.15, 0.2) is 0 Å². The fourth-order valence-corrected chi connectivity index (χ4v) is 4.68. The number of aliphatic imine (C=N–C) groups is 2. The van der Waals surface area contributed by atoms with E-state index >= 15 is 0 Å². The topological polar surface area (TPSA) is 37.6 Å². The molecule has 2 aliphatic carbocycles. The first-order valence-electron chi connectivity index (χ1n) is 13.3. The monoisotopic (exact) mass is 543 g/mol. The van der Waals surface area contributed by atoms with Gasteiger partial charge in [0.1, 0.15) is 0 Å². The van der Waals surface area contributed by atoms with Gasteiger partial charge in [0.25, 0.3) is 0 Å². The first kappa shape index (κ1) is 35.0. The number of hydrogen-bond donors (Lipinski definition) is 0. The minimum Gasteiger partial charge on any atom is -0.358 e. The van der Waals surface area contributed by atoms with Gasteiger partial charge in [0.2, 0.25) is 0 Å². The Labute approximate surface area is 238 Å². The number of pyridine rings is 1. The molecule has 3 rings (SSSR count). The molecule has 0 unspecified atom stereocenters. The summed E-state index contributed by atoms with van der Waals surface area (Å²) in [7, 11) is 0. The van der Waals surface area contributed by atoms with Gasteiger partial charge < -0.3 is 14.9 Å². The van der Waals surface area contributed by atoms with Crippen molar-refractivity contribution < 1.29 is 17.1 Å². The zero-order chi connectivity index (χ0) is 24.5.